The molecule has 0 aliphatic carbocycles. The summed E-state index contributed by atoms with van der Waals surface area (Å²) in [4.78, 5) is 4.20. The van der Waals surface area contributed by atoms with Crippen LogP contribution in [0.15, 0.2) is 64.1 Å². The monoisotopic (exact) mass is 333 g/mol. The summed E-state index contributed by atoms with van der Waals surface area (Å²) in [5.41, 5.74) is 6.70. The molecule has 0 aliphatic heterocycles. The van der Waals surface area contributed by atoms with Crippen LogP contribution in [0.25, 0.3) is 0 Å². The molecule has 0 heterocycles. The van der Waals surface area contributed by atoms with E-state index in [9.17, 15) is 0 Å². The molecule has 0 radical (unpaired) electrons. The van der Waals surface area contributed by atoms with Crippen LogP contribution >= 0.6 is 15.9 Å². The lowest BCUT2D eigenvalue weighted by molar-refractivity contribution is 0.328. The predicted octanol–water partition coefficient (Wildman–Crippen LogP) is 3.25. The van der Waals surface area contributed by atoms with Crippen molar-refractivity contribution in [2.75, 3.05) is 18.5 Å². The summed E-state index contributed by atoms with van der Waals surface area (Å²) in [5.74, 6) is 1.20. The summed E-state index contributed by atoms with van der Waals surface area (Å²) in [6, 6.07) is 17.4. The molecule has 4 nitrogen and oxygen atoms in total. The second kappa shape index (κ2) is 7.55. The minimum absolute atomic E-state index is 0.385. The molecule has 0 saturated carbocycles. The number of guanidine groups is 1. The fourth-order valence-electron chi connectivity index (χ4n) is 1.57. The van der Waals surface area contributed by atoms with Crippen molar-refractivity contribution in [1.82, 2.24) is 0 Å². The van der Waals surface area contributed by atoms with Gasteiger partial charge in [0.05, 0.1) is 6.54 Å². The van der Waals surface area contributed by atoms with E-state index < -0.39 is 0 Å². The van der Waals surface area contributed by atoms with Crippen LogP contribution in [0, 0.1) is 0 Å². The highest BCUT2D eigenvalue weighted by Crippen LogP contribution is 2.15. The summed E-state index contributed by atoms with van der Waals surface area (Å²) in [7, 11) is 0. The molecule has 0 saturated heterocycles. The van der Waals surface area contributed by atoms with Gasteiger partial charge in [0, 0.05) is 10.2 Å². The number of anilines is 1. The van der Waals surface area contributed by atoms with Crippen molar-refractivity contribution in [2.24, 2.45) is 10.7 Å². The molecule has 2 aromatic carbocycles. The number of rotatable bonds is 5. The van der Waals surface area contributed by atoms with Crippen LogP contribution in [-0.4, -0.2) is 19.1 Å². The van der Waals surface area contributed by atoms with E-state index in [1.807, 2.05) is 54.6 Å². The number of nitrogens with two attached hydrogens (primary N) is 1. The fraction of sp³-hybridized carbons (Fsp3) is 0.133. The first-order valence-corrected chi connectivity index (χ1v) is 7.04. The Morgan fingerprint density at radius 2 is 1.80 bits per heavy atom. The third-order valence-corrected chi connectivity index (χ3v) is 3.03. The lowest BCUT2D eigenvalue weighted by atomic mass is 10.3. The molecule has 104 valence electrons. The Morgan fingerprint density at radius 3 is 2.50 bits per heavy atom. The van der Waals surface area contributed by atoms with Crippen LogP contribution in [0.2, 0.25) is 0 Å². The largest absolute Gasteiger partial charge is 0.492 e. The lowest BCUT2D eigenvalue weighted by Gasteiger charge is -2.06. The number of ether oxygens (including phenoxy) is 1. The zero-order valence-electron chi connectivity index (χ0n) is 10.9. The number of nitrogens with one attached hydrogen (secondary N) is 1. The van der Waals surface area contributed by atoms with Crippen molar-refractivity contribution < 1.29 is 4.74 Å². The van der Waals surface area contributed by atoms with Gasteiger partial charge in [-0.2, -0.15) is 0 Å². The Balaban J connectivity index is 1.74. The number of para-hydroxylation sites is 1. The summed E-state index contributed by atoms with van der Waals surface area (Å²) in [6.07, 6.45) is 0. The molecule has 0 fully saturated rings. The number of hydrogen-bond donors (Lipinski definition) is 2. The smallest absolute Gasteiger partial charge is 0.193 e. The highest BCUT2D eigenvalue weighted by atomic mass is 79.9. The van der Waals surface area contributed by atoms with Crippen LogP contribution in [0.5, 0.6) is 5.75 Å². The molecule has 2 aromatic rings. The first-order chi connectivity index (χ1) is 9.74. The standard InChI is InChI=1S/C15H16BrN3O/c16-12-6-8-14(9-7-12)20-11-10-18-15(17)19-13-4-2-1-3-5-13/h1-9H,10-11H2,(H3,17,18,19). The Bertz CT molecular complexity index is 555. The van der Waals surface area contributed by atoms with Crippen LogP contribution in [-0.2, 0) is 0 Å². The van der Waals surface area contributed by atoms with E-state index in [0.29, 0.717) is 19.1 Å². The van der Waals surface area contributed by atoms with Gasteiger partial charge in [-0.15, -0.1) is 0 Å². The zero-order chi connectivity index (χ0) is 14.2. The van der Waals surface area contributed by atoms with Gasteiger partial charge in [-0.25, -0.2) is 4.99 Å². The van der Waals surface area contributed by atoms with Gasteiger partial charge in [-0.1, -0.05) is 34.1 Å². The van der Waals surface area contributed by atoms with E-state index in [0.717, 1.165) is 15.9 Å². The molecule has 0 bridgehead atoms. The van der Waals surface area contributed by atoms with Gasteiger partial charge in [-0.05, 0) is 36.4 Å². The summed E-state index contributed by atoms with van der Waals surface area (Å²) < 4.78 is 6.58. The zero-order valence-corrected chi connectivity index (χ0v) is 12.5. The van der Waals surface area contributed by atoms with Gasteiger partial charge in [-0.3, -0.25) is 0 Å². The molecule has 20 heavy (non-hydrogen) atoms. The second-order valence-electron chi connectivity index (χ2n) is 4.06. The number of halogens is 1. The van der Waals surface area contributed by atoms with E-state index in [-0.39, 0.29) is 0 Å². The molecule has 2 rings (SSSR count). The van der Waals surface area contributed by atoms with Crippen molar-refractivity contribution in [3.05, 3.63) is 59.1 Å². The van der Waals surface area contributed by atoms with E-state index in [1.165, 1.54) is 0 Å². The minimum Gasteiger partial charge on any atom is -0.492 e. The van der Waals surface area contributed by atoms with Gasteiger partial charge < -0.3 is 15.8 Å². The third kappa shape index (κ3) is 4.93. The maximum atomic E-state index is 5.78. The first kappa shape index (κ1) is 14.4. The predicted molar refractivity (Wildman–Crippen MR) is 86.2 cm³/mol. The van der Waals surface area contributed by atoms with Gasteiger partial charge in [0.25, 0.3) is 0 Å². The summed E-state index contributed by atoms with van der Waals surface area (Å²) >= 11 is 3.38. The minimum atomic E-state index is 0.385. The van der Waals surface area contributed by atoms with Crippen LogP contribution in [0.3, 0.4) is 0 Å². The van der Waals surface area contributed by atoms with Crippen LogP contribution in [0.1, 0.15) is 0 Å². The molecule has 0 amide bonds. The molecular formula is C15H16BrN3O. The van der Waals surface area contributed by atoms with E-state index in [4.69, 9.17) is 10.5 Å². The van der Waals surface area contributed by atoms with Gasteiger partial charge in [0.1, 0.15) is 12.4 Å². The van der Waals surface area contributed by atoms with Crippen molar-refractivity contribution in [3.8, 4) is 5.75 Å². The van der Waals surface area contributed by atoms with Crippen LogP contribution < -0.4 is 15.8 Å². The van der Waals surface area contributed by atoms with Crippen molar-refractivity contribution in [2.45, 2.75) is 0 Å². The quantitative estimate of drug-likeness (QED) is 0.501. The molecule has 5 heteroatoms. The molecule has 0 spiro atoms. The molecule has 0 aromatic heterocycles. The number of nitrogens with zero attached hydrogens (tertiary/aromatic N) is 1. The van der Waals surface area contributed by atoms with E-state index in [1.54, 1.807) is 0 Å². The molecule has 0 aliphatic rings. The third-order valence-electron chi connectivity index (χ3n) is 2.50. The van der Waals surface area contributed by atoms with Crippen molar-refractivity contribution in [3.63, 3.8) is 0 Å². The van der Waals surface area contributed by atoms with Gasteiger partial charge in [0.2, 0.25) is 0 Å². The van der Waals surface area contributed by atoms with Crippen LogP contribution in [0.4, 0.5) is 5.69 Å². The van der Waals surface area contributed by atoms with Crippen molar-refractivity contribution in [1.29, 1.82) is 0 Å². The highest BCUT2D eigenvalue weighted by molar-refractivity contribution is 9.10. The van der Waals surface area contributed by atoms with Gasteiger partial charge in [0.15, 0.2) is 5.96 Å². The Kier molecular flexibility index (Phi) is 5.43. The van der Waals surface area contributed by atoms with E-state index in [2.05, 4.69) is 26.2 Å². The average molecular weight is 334 g/mol. The lowest BCUT2D eigenvalue weighted by Crippen LogP contribution is -2.23. The molecule has 0 atom stereocenters. The van der Waals surface area contributed by atoms with Gasteiger partial charge >= 0.3 is 0 Å². The first-order valence-electron chi connectivity index (χ1n) is 6.24. The van der Waals surface area contributed by atoms with Crippen molar-refractivity contribution >= 4 is 27.6 Å². The van der Waals surface area contributed by atoms with E-state index >= 15 is 0 Å². The molecule has 0 unspecified atom stereocenters. The fourth-order valence-corrected chi connectivity index (χ4v) is 1.83. The molecular weight excluding hydrogens is 318 g/mol. The summed E-state index contributed by atoms with van der Waals surface area (Å²) in [6.45, 7) is 0.987. The normalized spacial score (nSPS) is 11.2. The molecule has 3 N–H and O–H groups in total. The Morgan fingerprint density at radius 1 is 1.10 bits per heavy atom. The average Bonchev–Trinajstić information content (AvgIpc) is 2.46. The second-order valence-corrected chi connectivity index (χ2v) is 4.98. The Hall–Kier alpha value is -2.01. The number of benzene rings is 2. The Labute approximate surface area is 126 Å². The summed E-state index contributed by atoms with van der Waals surface area (Å²) in [5, 5.41) is 3.01. The SMILES string of the molecule is NC(=NCCOc1ccc(Br)cc1)Nc1ccccc1. The highest BCUT2D eigenvalue weighted by Gasteiger charge is 1.95. The number of aliphatic imine (C=N–C) groups is 1. The topological polar surface area (TPSA) is 59.6 Å². The maximum absolute atomic E-state index is 5.78. The maximum Gasteiger partial charge on any atom is 0.193 e. The number of hydrogen-bond acceptors (Lipinski definition) is 2.